The van der Waals surface area contributed by atoms with Gasteiger partial charge in [-0.25, -0.2) is 9.97 Å². The number of aromatic nitrogens is 2. The first-order valence-corrected chi connectivity index (χ1v) is 5.78. The molecule has 0 N–H and O–H groups in total. The summed E-state index contributed by atoms with van der Waals surface area (Å²) in [5, 5.41) is 0.387. The lowest BCUT2D eigenvalue weighted by Gasteiger charge is -2.08. The summed E-state index contributed by atoms with van der Waals surface area (Å²) in [6, 6.07) is 9.22. The molecule has 1 aromatic heterocycles. The maximum Gasteiger partial charge on any atom is 0.164 e. The lowest BCUT2D eigenvalue weighted by molar-refractivity contribution is 0.181. The van der Waals surface area contributed by atoms with Gasteiger partial charge in [-0.1, -0.05) is 23.7 Å². The van der Waals surface area contributed by atoms with E-state index in [1.807, 2.05) is 24.3 Å². The summed E-state index contributed by atoms with van der Waals surface area (Å²) in [6.45, 7) is 0.393. The van der Waals surface area contributed by atoms with Crippen LogP contribution in [-0.4, -0.2) is 24.2 Å². The van der Waals surface area contributed by atoms with Gasteiger partial charge in [-0.2, -0.15) is 0 Å². The monoisotopic (exact) mass is 264 g/mol. The molecule has 18 heavy (non-hydrogen) atoms. The zero-order valence-electron chi connectivity index (χ0n) is 10.2. The molecular weight excluding hydrogens is 252 g/mol. The van der Waals surface area contributed by atoms with E-state index in [-0.39, 0.29) is 0 Å². The third-order valence-corrected chi connectivity index (χ3v) is 2.58. The number of nitrogens with zero attached hydrogens (tertiary/aromatic N) is 2. The number of rotatable bonds is 4. The quantitative estimate of drug-likeness (QED) is 0.797. The van der Waals surface area contributed by atoms with Crippen molar-refractivity contribution in [2.75, 3.05) is 14.2 Å². The van der Waals surface area contributed by atoms with Crippen molar-refractivity contribution in [3.05, 3.63) is 41.2 Å². The van der Waals surface area contributed by atoms with Gasteiger partial charge in [-0.15, -0.1) is 0 Å². The standard InChI is InChI=1S/C13H13ClN2O2/c1-17-8-9-7-12(14)16-13(15-9)10-5-3-4-6-11(10)18-2/h3-7H,8H2,1-2H3. The van der Waals surface area contributed by atoms with Crippen LogP contribution in [0.4, 0.5) is 0 Å². The van der Waals surface area contributed by atoms with Crippen molar-refractivity contribution in [1.29, 1.82) is 0 Å². The number of hydrogen-bond acceptors (Lipinski definition) is 4. The van der Waals surface area contributed by atoms with Crippen LogP contribution in [0.1, 0.15) is 5.69 Å². The van der Waals surface area contributed by atoms with E-state index < -0.39 is 0 Å². The van der Waals surface area contributed by atoms with E-state index in [0.29, 0.717) is 23.3 Å². The average Bonchev–Trinajstić information content (AvgIpc) is 2.38. The predicted molar refractivity (Wildman–Crippen MR) is 69.7 cm³/mol. The Hall–Kier alpha value is -1.65. The Labute approximate surface area is 111 Å². The van der Waals surface area contributed by atoms with Crippen molar-refractivity contribution in [3.63, 3.8) is 0 Å². The van der Waals surface area contributed by atoms with E-state index in [2.05, 4.69) is 9.97 Å². The van der Waals surface area contributed by atoms with Gasteiger partial charge in [0.1, 0.15) is 10.9 Å². The highest BCUT2D eigenvalue weighted by Crippen LogP contribution is 2.27. The lowest BCUT2D eigenvalue weighted by atomic mass is 10.2. The van der Waals surface area contributed by atoms with Crippen molar-refractivity contribution in [2.24, 2.45) is 0 Å². The van der Waals surface area contributed by atoms with E-state index in [1.54, 1.807) is 20.3 Å². The topological polar surface area (TPSA) is 44.2 Å². The van der Waals surface area contributed by atoms with Crippen LogP contribution in [0.15, 0.2) is 30.3 Å². The number of para-hydroxylation sites is 1. The Morgan fingerprint density at radius 3 is 2.67 bits per heavy atom. The van der Waals surface area contributed by atoms with Crippen molar-refractivity contribution in [2.45, 2.75) is 6.61 Å². The van der Waals surface area contributed by atoms with Crippen molar-refractivity contribution in [3.8, 4) is 17.1 Å². The molecule has 0 unspecified atom stereocenters. The van der Waals surface area contributed by atoms with Crippen LogP contribution < -0.4 is 4.74 Å². The molecule has 0 atom stereocenters. The Bertz CT molecular complexity index is 546. The zero-order valence-corrected chi connectivity index (χ0v) is 10.9. The molecule has 0 fully saturated rings. The molecule has 1 aromatic carbocycles. The summed E-state index contributed by atoms with van der Waals surface area (Å²) in [5.74, 6) is 1.25. The lowest BCUT2D eigenvalue weighted by Crippen LogP contribution is -1.99. The van der Waals surface area contributed by atoms with E-state index in [0.717, 1.165) is 11.3 Å². The van der Waals surface area contributed by atoms with Gasteiger partial charge < -0.3 is 9.47 Å². The second-order valence-corrected chi connectivity index (χ2v) is 4.03. The maximum atomic E-state index is 5.98. The van der Waals surface area contributed by atoms with Gasteiger partial charge in [0, 0.05) is 7.11 Å². The molecule has 2 rings (SSSR count). The first-order valence-electron chi connectivity index (χ1n) is 5.40. The van der Waals surface area contributed by atoms with E-state index in [1.165, 1.54) is 0 Å². The second kappa shape index (κ2) is 5.80. The van der Waals surface area contributed by atoms with E-state index in [4.69, 9.17) is 21.1 Å². The van der Waals surface area contributed by atoms with Crippen molar-refractivity contribution < 1.29 is 9.47 Å². The highest BCUT2D eigenvalue weighted by molar-refractivity contribution is 6.29. The molecule has 0 aliphatic heterocycles. The molecule has 0 saturated heterocycles. The molecule has 1 heterocycles. The normalized spacial score (nSPS) is 10.4. The SMILES string of the molecule is COCc1cc(Cl)nc(-c2ccccc2OC)n1. The summed E-state index contributed by atoms with van der Waals surface area (Å²) in [4.78, 5) is 8.62. The number of methoxy groups -OCH3 is 2. The van der Waals surface area contributed by atoms with Gasteiger partial charge in [0.2, 0.25) is 0 Å². The first-order chi connectivity index (χ1) is 8.74. The number of halogens is 1. The maximum absolute atomic E-state index is 5.98. The summed E-state index contributed by atoms with van der Waals surface area (Å²) < 4.78 is 10.3. The molecule has 0 radical (unpaired) electrons. The average molecular weight is 265 g/mol. The van der Waals surface area contributed by atoms with E-state index in [9.17, 15) is 0 Å². The summed E-state index contributed by atoms with van der Waals surface area (Å²) in [6.07, 6.45) is 0. The Morgan fingerprint density at radius 2 is 1.94 bits per heavy atom. The zero-order chi connectivity index (χ0) is 13.0. The van der Waals surface area contributed by atoms with Crippen LogP contribution in [0.5, 0.6) is 5.75 Å². The van der Waals surface area contributed by atoms with Gasteiger partial charge in [0.15, 0.2) is 5.82 Å². The van der Waals surface area contributed by atoms with Crippen LogP contribution in [0, 0.1) is 0 Å². The Morgan fingerprint density at radius 1 is 1.17 bits per heavy atom. The molecule has 5 heteroatoms. The molecule has 0 amide bonds. The number of benzene rings is 1. The van der Waals surface area contributed by atoms with Crippen LogP contribution >= 0.6 is 11.6 Å². The summed E-state index contributed by atoms with van der Waals surface area (Å²) in [5.41, 5.74) is 1.54. The van der Waals surface area contributed by atoms with E-state index >= 15 is 0 Å². The molecule has 0 spiro atoms. The number of hydrogen-bond donors (Lipinski definition) is 0. The fraction of sp³-hybridized carbons (Fsp3) is 0.231. The fourth-order valence-corrected chi connectivity index (χ4v) is 1.84. The van der Waals surface area contributed by atoms with Crippen LogP contribution in [0.3, 0.4) is 0 Å². The van der Waals surface area contributed by atoms with Crippen molar-refractivity contribution in [1.82, 2.24) is 9.97 Å². The van der Waals surface area contributed by atoms with Gasteiger partial charge in [0.05, 0.1) is 25.0 Å². The van der Waals surface area contributed by atoms with Gasteiger partial charge in [-0.3, -0.25) is 0 Å². The van der Waals surface area contributed by atoms with Crippen LogP contribution in [0.2, 0.25) is 5.15 Å². The molecule has 94 valence electrons. The Kier molecular flexibility index (Phi) is 4.12. The minimum absolute atomic E-state index is 0.387. The minimum atomic E-state index is 0.387. The largest absolute Gasteiger partial charge is 0.496 e. The van der Waals surface area contributed by atoms with Gasteiger partial charge in [-0.05, 0) is 18.2 Å². The van der Waals surface area contributed by atoms with Gasteiger partial charge >= 0.3 is 0 Å². The molecule has 0 aliphatic rings. The molecule has 0 bridgehead atoms. The fourth-order valence-electron chi connectivity index (χ4n) is 1.64. The smallest absolute Gasteiger partial charge is 0.164 e. The third kappa shape index (κ3) is 2.78. The summed E-state index contributed by atoms with van der Waals surface area (Å²) in [7, 11) is 3.22. The molecule has 2 aromatic rings. The van der Waals surface area contributed by atoms with Crippen LogP contribution in [0.25, 0.3) is 11.4 Å². The first kappa shape index (κ1) is 12.8. The predicted octanol–water partition coefficient (Wildman–Crippen LogP) is 2.95. The summed E-state index contributed by atoms with van der Waals surface area (Å²) >= 11 is 5.98. The molecule has 4 nitrogen and oxygen atoms in total. The highest BCUT2D eigenvalue weighted by atomic mass is 35.5. The number of ether oxygens (including phenoxy) is 2. The minimum Gasteiger partial charge on any atom is -0.496 e. The van der Waals surface area contributed by atoms with Crippen molar-refractivity contribution >= 4 is 11.6 Å². The molecule has 0 saturated carbocycles. The second-order valence-electron chi connectivity index (χ2n) is 3.64. The molecular formula is C13H13ClN2O2. The van der Waals surface area contributed by atoms with Crippen LogP contribution in [-0.2, 0) is 11.3 Å². The Balaban J connectivity index is 2.49. The third-order valence-electron chi connectivity index (χ3n) is 2.39. The molecule has 0 aliphatic carbocycles. The highest BCUT2D eigenvalue weighted by Gasteiger charge is 2.10. The van der Waals surface area contributed by atoms with Gasteiger partial charge in [0.25, 0.3) is 0 Å².